The van der Waals surface area contributed by atoms with Crippen molar-refractivity contribution in [3.63, 3.8) is 0 Å². The molecule has 2 aromatic rings. The van der Waals surface area contributed by atoms with E-state index in [1.54, 1.807) is 35.0 Å². The van der Waals surface area contributed by atoms with Gasteiger partial charge in [-0.1, -0.05) is 19.9 Å². The maximum Gasteiger partial charge on any atom is 0.275 e. The lowest BCUT2D eigenvalue weighted by molar-refractivity contribution is -0.140. The normalized spacial score (nSPS) is 17.5. The Morgan fingerprint density at radius 1 is 1.37 bits per heavy atom. The number of aromatic amines is 1. The van der Waals surface area contributed by atoms with E-state index in [4.69, 9.17) is 4.74 Å². The Kier molecular flexibility index (Phi) is 5.43. The molecule has 1 aliphatic rings. The Balaban J connectivity index is 1.69. The molecule has 0 unspecified atom stereocenters. The van der Waals surface area contributed by atoms with E-state index in [-0.39, 0.29) is 35.9 Å². The molecule has 0 spiro atoms. The molecular formula is C19H23FN4O3. The summed E-state index contributed by atoms with van der Waals surface area (Å²) in [5, 5.41) is 6.83. The number of amides is 2. The number of carbonyl (C=O) groups excluding carboxylic acids is 2. The number of piperazine rings is 1. The number of carbonyl (C=O) groups is 2. The molecule has 1 saturated heterocycles. The lowest BCUT2D eigenvalue weighted by Gasteiger charge is -2.40. The van der Waals surface area contributed by atoms with Gasteiger partial charge in [0.05, 0.1) is 5.69 Å². The first-order valence-electron chi connectivity index (χ1n) is 8.85. The minimum Gasteiger partial charge on any atom is -0.487 e. The molecule has 1 aliphatic heterocycles. The highest BCUT2D eigenvalue weighted by Crippen LogP contribution is 2.20. The number of aromatic nitrogens is 2. The Labute approximate surface area is 157 Å². The Morgan fingerprint density at radius 3 is 2.85 bits per heavy atom. The zero-order valence-electron chi connectivity index (χ0n) is 15.6. The van der Waals surface area contributed by atoms with E-state index in [0.717, 1.165) is 0 Å². The van der Waals surface area contributed by atoms with E-state index < -0.39 is 6.04 Å². The number of ether oxygens (including phenoxy) is 1. The van der Waals surface area contributed by atoms with Crippen LogP contribution in [-0.2, 0) is 11.4 Å². The highest BCUT2D eigenvalue weighted by molar-refractivity contribution is 5.97. The lowest BCUT2D eigenvalue weighted by atomic mass is 9.98. The first kappa shape index (κ1) is 18.9. The van der Waals surface area contributed by atoms with Crippen LogP contribution in [0.15, 0.2) is 30.3 Å². The first-order valence-corrected chi connectivity index (χ1v) is 8.85. The molecule has 1 aromatic carbocycles. The number of hydrogen-bond donors (Lipinski definition) is 1. The van der Waals surface area contributed by atoms with Crippen LogP contribution in [0.1, 0.15) is 30.0 Å². The maximum absolute atomic E-state index is 13.2. The quantitative estimate of drug-likeness (QED) is 0.869. The van der Waals surface area contributed by atoms with Crippen molar-refractivity contribution >= 4 is 11.8 Å². The summed E-state index contributed by atoms with van der Waals surface area (Å²) < 4.78 is 18.7. The molecule has 2 amide bonds. The molecule has 1 fully saturated rings. The van der Waals surface area contributed by atoms with Crippen molar-refractivity contribution in [2.75, 3.05) is 20.1 Å². The van der Waals surface area contributed by atoms with Gasteiger partial charge in [-0.3, -0.25) is 14.7 Å². The molecule has 0 saturated carbocycles. The molecule has 1 aromatic heterocycles. The Bertz CT molecular complexity index is 836. The number of benzene rings is 1. The van der Waals surface area contributed by atoms with Gasteiger partial charge in [0.25, 0.3) is 5.91 Å². The van der Waals surface area contributed by atoms with Gasteiger partial charge in [0.15, 0.2) is 5.69 Å². The third-order valence-corrected chi connectivity index (χ3v) is 4.57. The van der Waals surface area contributed by atoms with Crippen molar-refractivity contribution in [1.82, 2.24) is 20.0 Å². The van der Waals surface area contributed by atoms with Gasteiger partial charge in [0.1, 0.15) is 24.2 Å². The van der Waals surface area contributed by atoms with Crippen LogP contribution in [0.4, 0.5) is 4.39 Å². The van der Waals surface area contributed by atoms with Crippen molar-refractivity contribution < 1.29 is 18.7 Å². The van der Waals surface area contributed by atoms with E-state index in [2.05, 4.69) is 10.2 Å². The van der Waals surface area contributed by atoms with Crippen molar-refractivity contribution in [3.8, 4) is 5.75 Å². The van der Waals surface area contributed by atoms with E-state index in [0.29, 0.717) is 24.5 Å². The summed E-state index contributed by atoms with van der Waals surface area (Å²) in [5.41, 5.74) is 0.819. The monoisotopic (exact) mass is 374 g/mol. The SMILES string of the molecule is CC(C)[C@@H]1C(=O)N(C)CCN1C(=O)c1cc(COc2cccc(F)c2)[nH]n1. The highest BCUT2D eigenvalue weighted by Gasteiger charge is 2.38. The van der Waals surface area contributed by atoms with Crippen LogP contribution in [0, 0.1) is 11.7 Å². The fraction of sp³-hybridized carbons (Fsp3) is 0.421. The third kappa shape index (κ3) is 4.10. The number of hydrogen-bond acceptors (Lipinski definition) is 4. The molecule has 7 nitrogen and oxygen atoms in total. The Morgan fingerprint density at radius 2 is 2.15 bits per heavy atom. The van der Waals surface area contributed by atoms with Crippen molar-refractivity contribution in [2.45, 2.75) is 26.5 Å². The summed E-state index contributed by atoms with van der Waals surface area (Å²) in [6.07, 6.45) is 0. The van der Waals surface area contributed by atoms with E-state index in [1.165, 1.54) is 12.1 Å². The lowest BCUT2D eigenvalue weighted by Crippen LogP contribution is -2.59. The van der Waals surface area contributed by atoms with Gasteiger partial charge in [-0.2, -0.15) is 5.10 Å². The second kappa shape index (κ2) is 7.77. The second-order valence-electron chi connectivity index (χ2n) is 6.97. The molecule has 1 N–H and O–H groups in total. The van der Waals surface area contributed by atoms with Crippen LogP contribution in [0.25, 0.3) is 0 Å². The minimum absolute atomic E-state index is 0.000998. The standard InChI is InChI=1S/C19H23FN4O3/c1-12(2)17-19(26)23(3)7-8-24(17)18(25)16-10-14(21-22-16)11-27-15-6-4-5-13(20)9-15/h4-6,9-10,12,17H,7-8,11H2,1-3H3,(H,21,22)/t17-/m1/s1. The van der Waals surface area contributed by atoms with Crippen LogP contribution < -0.4 is 4.74 Å². The van der Waals surface area contributed by atoms with E-state index in [9.17, 15) is 14.0 Å². The fourth-order valence-corrected chi connectivity index (χ4v) is 3.15. The van der Waals surface area contributed by atoms with Crippen LogP contribution in [0.5, 0.6) is 5.75 Å². The molecule has 1 atom stereocenters. The fourth-order valence-electron chi connectivity index (χ4n) is 3.15. The summed E-state index contributed by atoms with van der Waals surface area (Å²) in [5.74, 6) is -0.341. The van der Waals surface area contributed by atoms with E-state index in [1.807, 2.05) is 13.8 Å². The topological polar surface area (TPSA) is 78.5 Å². The smallest absolute Gasteiger partial charge is 0.275 e. The molecule has 27 heavy (non-hydrogen) atoms. The summed E-state index contributed by atoms with van der Waals surface area (Å²) in [6, 6.07) is 6.92. The van der Waals surface area contributed by atoms with Crippen LogP contribution in [0.3, 0.4) is 0 Å². The van der Waals surface area contributed by atoms with E-state index >= 15 is 0 Å². The van der Waals surface area contributed by atoms with Gasteiger partial charge < -0.3 is 14.5 Å². The van der Waals surface area contributed by atoms with Crippen molar-refractivity contribution in [1.29, 1.82) is 0 Å². The first-order chi connectivity index (χ1) is 12.9. The predicted octanol–water partition coefficient (Wildman–Crippen LogP) is 2.07. The zero-order chi connectivity index (χ0) is 19.6. The number of rotatable bonds is 5. The summed E-state index contributed by atoms with van der Waals surface area (Å²) >= 11 is 0. The van der Waals surface area contributed by atoms with Gasteiger partial charge >= 0.3 is 0 Å². The minimum atomic E-state index is -0.500. The maximum atomic E-state index is 13.2. The molecule has 0 radical (unpaired) electrons. The average molecular weight is 374 g/mol. The zero-order valence-corrected chi connectivity index (χ0v) is 15.6. The van der Waals surface area contributed by atoms with Crippen LogP contribution in [-0.4, -0.2) is 58.0 Å². The molecule has 8 heteroatoms. The highest BCUT2D eigenvalue weighted by atomic mass is 19.1. The number of likely N-dealkylation sites (N-methyl/N-ethyl adjacent to an activating group) is 1. The van der Waals surface area contributed by atoms with Gasteiger partial charge in [-0.05, 0) is 24.1 Å². The second-order valence-corrected chi connectivity index (χ2v) is 6.97. The molecular weight excluding hydrogens is 351 g/mol. The number of nitrogens with zero attached hydrogens (tertiary/aromatic N) is 3. The molecule has 0 bridgehead atoms. The summed E-state index contributed by atoms with van der Waals surface area (Å²) in [7, 11) is 1.75. The average Bonchev–Trinajstić information content (AvgIpc) is 3.10. The number of halogens is 1. The predicted molar refractivity (Wildman–Crippen MR) is 96.6 cm³/mol. The van der Waals surface area contributed by atoms with Crippen molar-refractivity contribution in [2.24, 2.45) is 5.92 Å². The van der Waals surface area contributed by atoms with Crippen molar-refractivity contribution in [3.05, 3.63) is 47.5 Å². The largest absolute Gasteiger partial charge is 0.487 e. The van der Waals surface area contributed by atoms with Gasteiger partial charge in [-0.25, -0.2) is 4.39 Å². The molecule has 144 valence electrons. The van der Waals surface area contributed by atoms with Crippen LogP contribution in [0.2, 0.25) is 0 Å². The summed E-state index contributed by atoms with van der Waals surface area (Å²) in [4.78, 5) is 28.6. The Hall–Kier alpha value is -2.90. The number of H-pyrrole nitrogens is 1. The third-order valence-electron chi connectivity index (χ3n) is 4.57. The molecule has 2 heterocycles. The van der Waals surface area contributed by atoms with Gasteiger partial charge in [0.2, 0.25) is 5.91 Å². The number of nitrogens with one attached hydrogen (secondary N) is 1. The molecule has 3 rings (SSSR count). The summed E-state index contributed by atoms with van der Waals surface area (Å²) in [6.45, 7) is 4.92. The van der Waals surface area contributed by atoms with Gasteiger partial charge in [-0.15, -0.1) is 0 Å². The van der Waals surface area contributed by atoms with Crippen LogP contribution >= 0.6 is 0 Å². The van der Waals surface area contributed by atoms with Gasteiger partial charge in [0, 0.05) is 26.2 Å². The molecule has 0 aliphatic carbocycles.